The van der Waals surface area contributed by atoms with Crippen LogP contribution in [0.2, 0.25) is 0 Å². The molecule has 1 atom stereocenters. The summed E-state index contributed by atoms with van der Waals surface area (Å²) in [4.78, 5) is 14.0. The van der Waals surface area contributed by atoms with Gasteiger partial charge in [0.05, 0.1) is 11.2 Å². The molecule has 16 heavy (non-hydrogen) atoms. The smallest absolute Gasteiger partial charge is 0.252 e. The molecule has 1 heterocycles. The summed E-state index contributed by atoms with van der Waals surface area (Å²) in [5.74, 6) is -0.101. The third-order valence-electron chi connectivity index (χ3n) is 2.68. The normalized spacial score (nSPS) is 14.6. The summed E-state index contributed by atoms with van der Waals surface area (Å²) >= 11 is 1.61. The van der Waals surface area contributed by atoms with E-state index < -0.39 is 5.60 Å². The van der Waals surface area contributed by atoms with Crippen molar-refractivity contribution in [2.45, 2.75) is 39.7 Å². The van der Waals surface area contributed by atoms with Crippen LogP contribution in [0, 0.1) is 13.8 Å². The number of carbonyl (C=O) groups excluding carboxylic acids is 1. The SMILES string of the molecule is CCC(C)(O)CNC(=O)c1cc(C)sc1C. The van der Waals surface area contributed by atoms with Crippen LogP contribution in [0.15, 0.2) is 6.07 Å². The van der Waals surface area contributed by atoms with Gasteiger partial charge in [0.1, 0.15) is 0 Å². The van der Waals surface area contributed by atoms with Gasteiger partial charge in [0, 0.05) is 16.3 Å². The molecule has 0 aromatic carbocycles. The molecule has 3 nitrogen and oxygen atoms in total. The van der Waals surface area contributed by atoms with Gasteiger partial charge >= 0.3 is 0 Å². The molecule has 0 aliphatic rings. The van der Waals surface area contributed by atoms with E-state index in [1.807, 2.05) is 26.8 Å². The average Bonchev–Trinajstić information content (AvgIpc) is 2.54. The van der Waals surface area contributed by atoms with Crippen LogP contribution >= 0.6 is 11.3 Å². The number of thiophene rings is 1. The first kappa shape index (κ1) is 13.2. The minimum Gasteiger partial charge on any atom is -0.388 e. The van der Waals surface area contributed by atoms with E-state index in [4.69, 9.17) is 0 Å². The highest BCUT2D eigenvalue weighted by molar-refractivity contribution is 7.12. The van der Waals surface area contributed by atoms with Gasteiger partial charge in [0.2, 0.25) is 0 Å². The van der Waals surface area contributed by atoms with E-state index in [9.17, 15) is 9.90 Å². The predicted octanol–water partition coefficient (Wildman–Crippen LogP) is 2.26. The lowest BCUT2D eigenvalue weighted by atomic mass is 10.0. The molecular formula is C12H19NO2S. The first-order chi connectivity index (χ1) is 7.35. The van der Waals surface area contributed by atoms with E-state index in [-0.39, 0.29) is 12.5 Å². The zero-order chi connectivity index (χ0) is 12.3. The summed E-state index contributed by atoms with van der Waals surface area (Å²) in [6.07, 6.45) is 0.620. The molecule has 2 N–H and O–H groups in total. The van der Waals surface area contributed by atoms with E-state index in [2.05, 4.69) is 5.32 Å². The summed E-state index contributed by atoms with van der Waals surface area (Å²) in [6.45, 7) is 7.82. The number of nitrogens with one attached hydrogen (secondary N) is 1. The van der Waals surface area contributed by atoms with Gasteiger partial charge in [-0.25, -0.2) is 0 Å². The first-order valence-corrected chi connectivity index (χ1v) is 6.25. The van der Waals surface area contributed by atoms with Gasteiger partial charge in [-0.3, -0.25) is 4.79 Å². The number of rotatable bonds is 4. The maximum atomic E-state index is 11.8. The lowest BCUT2D eigenvalue weighted by molar-refractivity contribution is 0.0518. The first-order valence-electron chi connectivity index (χ1n) is 5.43. The van der Waals surface area contributed by atoms with Crippen molar-refractivity contribution in [1.29, 1.82) is 0 Å². The highest BCUT2D eigenvalue weighted by atomic mass is 32.1. The standard InChI is InChI=1S/C12H19NO2S/c1-5-12(4,15)7-13-11(14)10-6-8(2)16-9(10)3/h6,15H,5,7H2,1-4H3,(H,13,14). The highest BCUT2D eigenvalue weighted by Crippen LogP contribution is 2.20. The summed E-state index contributed by atoms with van der Waals surface area (Å²) in [5, 5.41) is 12.5. The van der Waals surface area contributed by atoms with E-state index >= 15 is 0 Å². The van der Waals surface area contributed by atoms with E-state index in [1.165, 1.54) is 0 Å². The molecule has 1 aromatic rings. The number of carbonyl (C=O) groups is 1. The molecule has 0 fully saturated rings. The molecule has 0 saturated heterocycles. The monoisotopic (exact) mass is 241 g/mol. The predicted molar refractivity (Wildman–Crippen MR) is 67.0 cm³/mol. The summed E-state index contributed by atoms with van der Waals surface area (Å²) in [5.41, 5.74) is -0.108. The van der Waals surface area contributed by atoms with Crippen molar-refractivity contribution in [3.63, 3.8) is 0 Å². The van der Waals surface area contributed by atoms with Crippen molar-refractivity contribution in [3.8, 4) is 0 Å². The molecule has 1 unspecified atom stereocenters. The van der Waals surface area contributed by atoms with E-state index in [0.29, 0.717) is 6.42 Å². The molecule has 4 heteroatoms. The zero-order valence-electron chi connectivity index (χ0n) is 10.3. The van der Waals surface area contributed by atoms with E-state index in [0.717, 1.165) is 15.3 Å². The lowest BCUT2D eigenvalue weighted by Crippen LogP contribution is -2.40. The quantitative estimate of drug-likeness (QED) is 0.849. The Balaban J connectivity index is 2.63. The van der Waals surface area contributed by atoms with Crippen LogP contribution in [0.3, 0.4) is 0 Å². The van der Waals surface area contributed by atoms with E-state index in [1.54, 1.807) is 18.3 Å². The van der Waals surface area contributed by atoms with Crippen LogP contribution in [-0.2, 0) is 0 Å². The van der Waals surface area contributed by atoms with Gasteiger partial charge in [0.15, 0.2) is 0 Å². The Labute approximate surface area is 100 Å². The molecule has 0 aliphatic carbocycles. The third kappa shape index (κ3) is 3.32. The second-order valence-electron chi connectivity index (χ2n) is 4.36. The summed E-state index contributed by atoms with van der Waals surface area (Å²) in [6, 6.07) is 1.88. The van der Waals surface area contributed by atoms with Crippen molar-refractivity contribution >= 4 is 17.2 Å². The van der Waals surface area contributed by atoms with Gasteiger partial charge in [-0.2, -0.15) is 0 Å². The van der Waals surface area contributed by atoms with Crippen molar-refractivity contribution in [2.75, 3.05) is 6.54 Å². The molecule has 0 spiro atoms. The van der Waals surface area contributed by atoms with Gasteiger partial charge in [0.25, 0.3) is 5.91 Å². The third-order valence-corrected chi connectivity index (χ3v) is 3.64. The second kappa shape index (κ2) is 4.97. The fourth-order valence-corrected chi connectivity index (χ4v) is 2.27. The largest absolute Gasteiger partial charge is 0.388 e. The molecule has 1 aromatic heterocycles. The van der Waals surface area contributed by atoms with Crippen LogP contribution < -0.4 is 5.32 Å². The molecule has 0 bridgehead atoms. The molecule has 1 amide bonds. The zero-order valence-corrected chi connectivity index (χ0v) is 11.1. The van der Waals surface area contributed by atoms with Crippen LogP contribution in [-0.4, -0.2) is 23.2 Å². The average molecular weight is 241 g/mol. The number of aliphatic hydroxyl groups is 1. The Morgan fingerprint density at radius 1 is 1.56 bits per heavy atom. The van der Waals surface area contributed by atoms with Crippen molar-refractivity contribution in [1.82, 2.24) is 5.32 Å². The molecule has 0 radical (unpaired) electrons. The Morgan fingerprint density at radius 2 is 2.19 bits per heavy atom. The van der Waals surface area contributed by atoms with Crippen molar-refractivity contribution < 1.29 is 9.90 Å². The topological polar surface area (TPSA) is 49.3 Å². The molecule has 90 valence electrons. The molecule has 0 aliphatic heterocycles. The lowest BCUT2D eigenvalue weighted by Gasteiger charge is -2.21. The van der Waals surface area contributed by atoms with Crippen LogP contribution in [0.4, 0.5) is 0 Å². The number of amides is 1. The Kier molecular flexibility index (Phi) is 4.10. The van der Waals surface area contributed by atoms with Crippen LogP contribution in [0.25, 0.3) is 0 Å². The van der Waals surface area contributed by atoms with Gasteiger partial charge < -0.3 is 10.4 Å². The molecular weight excluding hydrogens is 222 g/mol. The maximum Gasteiger partial charge on any atom is 0.252 e. The number of hydrogen-bond donors (Lipinski definition) is 2. The number of hydrogen-bond acceptors (Lipinski definition) is 3. The summed E-state index contributed by atoms with van der Waals surface area (Å²) in [7, 11) is 0. The second-order valence-corrected chi connectivity index (χ2v) is 5.82. The van der Waals surface area contributed by atoms with Crippen molar-refractivity contribution in [3.05, 3.63) is 21.4 Å². The van der Waals surface area contributed by atoms with Gasteiger partial charge in [-0.15, -0.1) is 11.3 Å². The Morgan fingerprint density at radius 3 is 2.62 bits per heavy atom. The maximum absolute atomic E-state index is 11.8. The fourth-order valence-electron chi connectivity index (χ4n) is 1.35. The summed E-state index contributed by atoms with van der Waals surface area (Å²) < 4.78 is 0. The van der Waals surface area contributed by atoms with Gasteiger partial charge in [-0.1, -0.05) is 6.92 Å². The minimum atomic E-state index is -0.825. The minimum absolute atomic E-state index is 0.101. The number of aryl methyl sites for hydroxylation is 2. The van der Waals surface area contributed by atoms with Crippen LogP contribution in [0.1, 0.15) is 40.4 Å². The highest BCUT2D eigenvalue weighted by Gasteiger charge is 2.19. The molecule has 0 saturated carbocycles. The van der Waals surface area contributed by atoms with Gasteiger partial charge in [-0.05, 0) is 33.3 Å². The Hall–Kier alpha value is -0.870. The Bertz CT molecular complexity index is 382. The fraction of sp³-hybridized carbons (Fsp3) is 0.583. The van der Waals surface area contributed by atoms with Crippen molar-refractivity contribution in [2.24, 2.45) is 0 Å². The van der Waals surface area contributed by atoms with Crippen LogP contribution in [0.5, 0.6) is 0 Å². The molecule has 1 rings (SSSR count).